The van der Waals surface area contributed by atoms with Crippen molar-refractivity contribution < 1.29 is 18.3 Å². The van der Waals surface area contributed by atoms with Gasteiger partial charge in [0.05, 0.1) is 11.7 Å². The molecule has 4 aromatic carbocycles. The Morgan fingerprint density at radius 3 is 2.26 bits per heavy atom. The Kier molecular flexibility index (Phi) is 9.30. The summed E-state index contributed by atoms with van der Waals surface area (Å²) in [6.45, 7) is 1.38. The fraction of sp³-hybridized carbons (Fsp3) is 0.259. The van der Waals surface area contributed by atoms with Crippen LogP contribution in [0.25, 0.3) is 21.5 Å². The molecule has 0 fully saturated rings. The smallest absolute Gasteiger partial charge is 0.388 e. The van der Waals surface area contributed by atoms with Crippen LogP contribution in [0.5, 0.6) is 0 Å². The van der Waals surface area contributed by atoms with Crippen LogP contribution in [0.15, 0.2) is 66.7 Å². The second-order valence-electron chi connectivity index (χ2n) is 8.35. The maximum absolute atomic E-state index is 13.4. The molecule has 2 N–H and O–H groups in total. The third-order valence-electron chi connectivity index (χ3n) is 5.96. The zero-order valence-corrected chi connectivity index (χ0v) is 21.0. The molecule has 4 aromatic rings. The van der Waals surface area contributed by atoms with E-state index in [1.54, 1.807) is 18.2 Å². The van der Waals surface area contributed by atoms with Gasteiger partial charge < -0.3 is 10.4 Å². The van der Waals surface area contributed by atoms with Crippen LogP contribution in [0.2, 0.25) is 10.0 Å². The number of aliphatic hydroxyl groups excluding tert-OH is 1. The Morgan fingerprint density at radius 1 is 0.829 bits per heavy atom. The van der Waals surface area contributed by atoms with Gasteiger partial charge in [0.25, 0.3) is 0 Å². The Balaban J connectivity index is 0.00000342. The number of hydrogen-bond acceptors (Lipinski definition) is 2. The van der Waals surface area contributed by atoms with Gasteiger partial charge in [0.2, 0.25) is 0 Å². The summed E-state index contributed by atoms with van der Waals surface area (Å²) in [5.74, 6) is 0. The van der Waals surface area contributed by atoms with Crippen molar-refractivity contribution >= 4 is 57.2 Å². The molecule has 0 aliphatic rings. The Labute approximate surface area is 218 Å². The number of hydrogen-bond donors (Lipinski definition) is 2. The monoisotopic (exact) mass is 541 g/mol. The molecule has 0 aliphatic carbocycles. The van der Waals surface area contributed by atoms with Crippen molar-refractivity contribution in [3.05, 3.63) is 93.5 Å². The highest BCUT2D eigenvalue weighted by molar-refractivity contribution is 6.39. The number of rotatable bonds is 8. The molecule has 0 saturated carbocycles. The van der Waals surface area contributed by atoms with E-state index in [1.807, 2.05) is 18.2 Å². The van der Waals surface area contributed by atoms with E-state index >= 15 is 0 Å². The van der Waals surface area contributed by atoms with Crippen LogP contribution in [0.3, 0.4) is 0 Å². The van der Waals surface area contributed by atoms with Crippen molar-refractivity contribution in [2.75, 3.05) is 13.1 Å². The second kappa shape index (κ2) is 11.8. The van der Waals surface area contributed by atoms with Crippen LogP contribution < -0.4 is 5.32 Å². The minimum absolute atomic E-state index is 0. The van der Waals surface area contributed by atoms with Crippen LogP contribution in [0, 0.1) is 0 Å². The molecule has 0 aliphatic heterocycles. The van der Waals surface area contributed by atoms with E-state index in [2.05, 4.69) is 17.4 Å². The average Bonchev–Trinajstić information content (AvgIpc) is 2.80. The fourth-order valence-electron chi connectivity index (χ4n) is 4.24. The molecular formula is C27H25Cl3F3NO. The summed E-state index contributed by atoms with van der Waals surface area (Å²) in [5, 5.41) is 17.0. The third-order valence-corrected chi connectivity index (χ3v) is 6.49. The molecule has 4 rings (SSSR count). The summed E-state index contributed by atoms with van der Waals surface area (Å²) in [5.41, 5.74) is 1.07. The van der Waals surface area contributed by atoms with Crippen LogP contribution in [-0.4, -0.2) is 18.2 Å². The predicted octanol–water partition coefficient (Wildman–Crippen LogP) is 8.39. The number of alkyl halides is 3. The number of halogens is 6. The summed E-state index contributed by atoms with van der Waals surface area (Å²) in [6, 6.07) is 18.7. The van der Waals surface area contributed by atoms with E-state index in [-0.39, 0.29) is 12.4 Å². The topological polar surface area (TPSA) is 32.3 Å². The highest BCUT2D eigenvalue weighted by atomic mass is 35.5. The maximum Gasteiger partial charge on any atom is 0.416 e. The third kappa shape index (κ3) is 6.60. The minimum atomic E-state index is -4.48. The van der Waals surface area contributed by atoms with Gasteiger partial charge in [0.15, 0.2) is 0 Å². The molecule has 8 heteroatoms. The van der Waals surface area contributed by atoms with E-state index in [0.717, 1.165) is 31.5 Å². The summed E-state index contributed by atoms with van der Waals surface area (Å²) >= 11 is 12.5. The van der Waals surface area contributed by atoms with Gasteiger partial charge in [-0.15, -0.1) is 12.4 Å². The molecule has 0 aromatic heterocycles. The van der Waals surface area contributed by atoms with Crippen molar-refractivity contribution in [3.8, 4) is 0 Å². The first-order valence-corrected chi connectivity index (χ1v) is 11.8. The zero-order chi connectivity index (χ0) is 24.3. The molecule has 1 atom stereocenters. The first kappa shape index (κ1) is 27.6. The zero-order valence-electron chi connectivity index (χ0n) is 18.7. The van der Waals surface area contributed by atoms with Crippen molar-refractivity contribution in [2.24, 2.45) is 0 Å². The molecule has 2 nitrogen and oxygen atoms in total. The predicted molar refractivity (Wildman–Crippen MR) is 141 cm³/mol. The van der Waals surface area contributed by atoms with Crippen molar-refractivity contribution in [1.82, 2.24) is 5.32 Å². The molecule has 0 heterocycles. The molecule has 0 radical (unpaired) electrons. The lowest BCUT2D eigenvalue weighted by Gasteiger charge is -2.18. The number of nitrogens with one attached hydrogen (secondary N) is 1. The van der Waals surface area contributed by atoms with E-state index in [0.29, 0.717) is 50.1 Å². The Hall–Kier alpha value is -2.02. The number of aliphatic hydroxyl groups is 1. The fourth-order valence-corrected chi connectivity index (χ4v) is 4.79. The highest BCUT2D eigenvalue weighted by Gasteiger charge is 2.31. The molecular weight excluding hydrogens is 518 g/mol. The molecule has 0 bridgehead atoms. The summed E-state index contributed by atoms with van der Waals surface area (Å²) in [6.07, 6.45) is -3.00. The van der Waals surface area contributed by atoms with Gasteiger partial charge in [0.1, 0.15) is 0 Å². The SMILES string of the molecule is Cl.OC(CCNCCCc1ccccc1)c1cc2c(Cl)cc(Cl)cc2c2cc(C(F)(F)F)ccc12. The van der Waals surface area contributed by atoms with Crippen LogP contribution in [0.4, 0.5) is 13.2 Å². The van der Waals surface area contributed by atoms with Crippen molar-refractivity contribution in [2.45, 2.75) is 31.5 Å². The van der Waals surface area contributed by atoms with E-state index in [4.69, 9.17) is 23.2 Å². The van der Waals surface area contributed by atoms with Gasteiger partial charge in [-0.05, 0) is 90.0 Å². The van der Waals surface area contributed by atoms with Crippen LogP contribution >= 0.6 is 35.6 Å². The lowest BCUT2D eigenvalue weighted by atomic mass is 9.92. The molecule has 0 spiro atoms. The highest BCUT2D eigenvalue weighted by Crippen LogP contribution is 2.40. The summed E-state index contributed by atoms with van der Waals surface area (Å²) < 4.78 is 40.2. The van der Waals surface area contributed by atoms with Gasteiger partial charge in [-0.3, -0.25) is 0 Å². The van der Waals surface area contributed by atoms with Crippen LogP contribution in [-0.2, 0) is 12.6 Å². The molecule has 0 amide bonds. The molecule has 0 saturated heterocycles. The first-order chi connectivity index (χ1) is 16.2. The lowest BCUT2D eigenvalue weighted by Crippen LogP contribution is -2.19. The van der Waals surface area contributed by atoms with Crippen molar-refractivity contribution in [1.29, 1.82) is 0 Å². The Bertz CT molecular complexity index is 1300. The van der Waals surface area contributed by atoms with Gasteiger partial charge >= 0.3 is 6.18 Å². The maximum atomic E-state index is 13.4. The van der Waals surface area contributed by atoms with E-state index in [9.17, 15) is 18.3 Å². The second-order valence-corrected chi connectivity index (χ2v) is 9.19. The minimum Gasteiger partial charge on any atom is -0.388 e. The normalized spacial score (nSPS) is 12.6. The standard InChI is InChI=1S/C27H24Cl2F3NO.ClH/c28-19-14-22-21-13-18(27(30,31)32)8-9-20(21)24(16-23(22)25(29)15-19)26(34)10-12-33-11-4-7-17-5-2-1-3-6-17;/h1-3,5-6,8-9,13-16,26,33-34H,4,7,10-12H2;1H. The molecule has 186 valence electrons. The largest absolute Gasteiger partial charge is 0.416 e. The number of fused-ring (bicyclic) bond motifs is 3. The molecule has 1 unspecified atom stereocenters. The van der Waals surface area contributed by atoms with Gasteiger partial charge in [-0.25, -0.2) is 0 Å². The lowest BCUT2D eigenvalue weighted by molar-refractivity contribution is -0.137. The van der Waals surface area contributed by atoms with E-state index in [1.165, 1.54) is 11.6 Å². The van der Waals surface area contributed by atoms with Crippen LogP contribution in [0.1, 0.15) is 35.6 Å². The number of benzene rings is 4. The van der Waals surface area contributed by atoms with Gasteiger partial charge in [0, 0.05) is 15.4 Å². The van der Waals surface area contributed by atoms with E-state index < -0.39 is 17.8 Å². The van der Waals surface area contributed by atoms with Gasteiger partial charge in [-0.2, -0.15) is 13.2 Å². The first-order valence-electron chi connectivity index (χ1n) is 11.1. The molecule has 35 heavy (non-hydrogen) atoms. The quantitative estimate of drug-likeness (QED) is 0.173. The van der Waals surface area contributed by atoms with Gasteiger partial charge in [-0.1, -0.05) is 59.6 Å². The Morgan fingerprint density at radius 2 is 1.54 bits per heavy atom. The van der Waals surface area contributed by atoms with Crippen molar-refractivity contribution in [3.63, 3.8) is 0 Å². The summed E-state index contributed by atoms with van der Waals surface area (Å²) in [7, 11) is 0. The average molecular weight is 543 g/mol. The summed E-state index contributed by atoms with van der Waals surface area (Å²) in [4.78, 5) is 0. The number of aryl methyl sites for hydroxylation is 1.